The maximum absolute atomic E-state index is 12.5. The Hall–Kier alpha value is -3.04. The fourth-order valence-corrected chi connectivity index (χ4v) is 4.18. The molecule has 1 saturated heterocycles. The number of aromatic nitrogens is 3. The summed E-state index contributed by atoms with van der Waals surface area (Å²) in [6.45, 7) is 4.77. The summed E-state index contributed by atoms with van der Waals surface area (Å²) in [6.07, 6.45) is 1.27. The Labute approximate surface area is 186 Å². The zero-order chi connectivity index (χ0) is 22.1. The fourth-order valence-electron chi connectivity index (χ4n) is 4.18. The van der Waals surface area contributed by atoms with E-state index in [0.29, 0.717) is 30.0 Å². The lowest BCUT2D eigenvalue weighted by molar-refractivity contribution is -0.0179. The zero-order valence-corrected chi connectivity index (χ0v) is 18.2. The van der Waals surface area contributed by atoms with Gasteiger partial charge in [0.2, 0.25) is 17.5 Å². The van der Waals surface area contributed by atoms with Crippen LogP contribution in [0.2, 0.25) is 0 Å². The van der Waals surface area contributed by atoms with Gasteiger partial charge in [-0.3, -0.25) is 4.79 Å². The maximum atomic E-state index is 12.5. The third kappa shape index (κ3) is 4.44. The van der Waals surface area contributed by atoms with Crippen molar-refractivity contribution in [2.24, 2.45) is 5.92 Å². The summed E-state index contributed by atoms with van der Waals surface area (Å²) in [7, 11) is 2.10. The first-order valence-corrected chi connectivity index (χ1v) is 11.0. The van der Waals surface area contributed by atoms with Gasteiger partial charge in [-0.05, 0) is 26.8 Å². The first-order valence-electron chi connectivity index (χ1n) is 11.0. The van der Waals surface area contributed by atoms with E-state index in [1.807, 2.05) is 37.3 Å². The number of nitrogens with zero attached hydrogens (tertiary/aromatic N) is 4. The van der Waals surface area contributed by atoms with Crippen LogP contribution in [0.5, 0.6) is 0 Å². The molecule has 1 amide bonds. The van der Waals surface area contributed by atoms with Gasteiger partial charge >= 0.3 is 0 Å². The van der Waals surface area contributed by atoms with Crippen LogP contribution in [0.25, 0.3) is 11.3 Å². The molecule has 1 saturated carbocycles. The van der Waals surface area contributed by atoms with Crippen molar-refractivity contribution in [3.8, 4) is 11.3 Å². The molecule has 168 valence electrons. The van der Waals surface area contributed by atoms with Crippen molar-refractivity contribution in [3.05, 3.63) is 53.9 Å². The number of carbonyl (C=O) groups excluding carboxylic acids is 1. The average molecular weight is 438 g/mol. The summed E-state index contributed by atoms with van der Waals surface area (Å²) < 4.78 is 17.0. The van der Waals surface area contributed by atoms with Crippen molar-refractivity contribution in [2.45, 2.75) is 37.8 Å². The first kappa shape index (κ1) is 20.8. The van der Waals surface area contributed by atoms with Crippen LogP contribution >= 0.6 is 0 Å². The van der Waals surface area contributed by atoms with Gasteiger partial charge in [-0.2, -0.15) is 0 Å². The molecule has 1 atom stereocenters. The number of hydrogen-bond acceptors (Lipinski definition) is 8. The van der Waals surface area contributed by atoms with Crippen molar-refractivity contribution in [1.82, 2.24) is 25.6 Å². The second kappa shape index (κ2) is 8.84. The summed E-state index contributed by atoms with van der Waals surface area (Å²) in [5, 5.41) is 15.3. The van der Waals surface area contributed by atoms with Gasteiger partial charge < -0.3 is 23.9 Å². The summed E-state index contributed by atoms with van der Waals surface area (Å²) >= 11 is 0. The number of benzene rings is 1. The topological polar surface area (TPSA) is 107 Å². The molecule has 0 spiro atoms. The molecule has 1 N–H and O–H groups in total. The van der Waals surface area contributed by atoms with Gasteiger partial charge in [0.1, 0.15) is 11.8 Å². The van der Waals surface area contributed by atoms with E-state index >= 15 is 0 Å². The Bertz CT molecular complexity index is 1050. The highest BCUT2D eigenvalue weighted by atomic mass is 16.5. The SMILES string of the molecule is C[C@@H](OCC1CN(C)C1)c1nnc([C@H]2C[C@H](NC(=O)c3cc(-c4ccccc4)no3)C2)o1. The monoisotopic (exact) mass is 437 g/mol. The molecule has 2 fully saturated rings. The van der Waals surface area contributed by atoms with Gasteiger partial charge in [-0.1, -0.05) is 35.5 Å². The number of carbonyl (C=O) groups is 1. The first-order chi connectivity index (χ1) is 15.5. The maximum Gasteiger partial charge on any atom is 0.290 e. The smallest absolute Gasteiger partial charge is 0.290 e. The van der Waals surface area contributed by atoms with E-state index in [2.05, 4.69) is 32.6 Å². The van der Waals surface area contributed by atoms with Crippen molar-refractivity contribution < 1.29 is 18.5 Å². The molecule has 0 radical (unpaired) electrons. The molecule has 9 heteroatoms. The minimum atomic E-state index is -0.266. The third-order valence-electron chi connectivity index (χ3n) is 6.15. The van der Waals surface area contributed by atoms with Crippen LogP contribution in [0, 0.1) is 5.92 Å². The van der Waals surface area contributed by atoms with Crippen LogP contribution in [-0.4, -0.2) is 58.9 Å². The molecule has 32 heavy (non-hydrogen) atoms. The summed E-state index contributed by atoms with van der Waals surface area (Å²) in [6, 6.07) is 11.3. The minimum absolute atomic E-state index is 0.0393. The van der Waals surface area contributed by atoms with E-state index in [4.69, 9.17) is 13.7 Å². The van der Waals surface area contributed by atoms with Crippen molar-refractivity contribution in [2.75, 3.05) is 26.7 Å². The molecule has 3 heterocycles. The highest BCUT2D eigenvalue weighted by Gasteiger charge is 2.36. The molecule has 9 nitrogen and oxygen atoms in total. The molecule has 2 aromatic heterocycles. The molecule has 1 aliphatic heterocycles. The standard InChI is InChI=1S/C23H27N5O4/c1-14(30-13-15-11-28(2)12-15)22-25-26-23(31-22)17-8-18(9-17)24-21(29)20-10-19(27-32-20)16-6-4-3-5-7-16/h3-7,10,14-15,17-18H,8-9,11-13H2,1-2H3,(H,24,29)/t14-,17-,18-/m1/s1. The second-order valence-electron chi connectivity index (χ2n) is 8.82. The van der Waals surface area contributed by atoms with Crippen LogP contribution in [0.3, 0.4) is 0 Å². The predicted molar refractivity (Wildman–Crippen MR) is 115 cm³/mol. The van der Waals surface area contributed by atoms with Crippen molar-refractivity contribution >= 4 is 5.91 Å². The Morgan fingerprint density at radius 3 is 2.78 bits per heavy atom. The molecule has 1 aliphatic carbocycles. The van der Waals surface area contributed by atoms with Crippen LogP contribution in [-0.2, 0) is 4.74 Å². The van der Waals surface area contributed by atoms with Gasteiger partial charge in [0.15, 0.2) is 0 Å². The average Bonchev–Trinajstić information content (AvgIpc) is 3.43. The van der Waals surface area contributed by atoms with E-state index in [9.17, 15) is 4.79 Å². The van der Waals surface area contributed by atoms with E-state index in [1.54, 1.807) is 6.07 Å². The van der Waals surface area contributed by atoms with E-state index in [-0.39, 0.29) is 29.7 Å². The number of rotatable bonds is 8. The number of nitrogens with one attached hydrogen (secondary N) is 1. The van der Waals surface area contributed by atoms with Gasteiger partial charge in [-0.25, -0.2) is 0 Å². The molecule has 5 rings (SSSR count). The zero-order valence-electron chi connectivity index (χ0n) is 18.2. The highest BCUT2D eigenvalue weighted by Crippen LogP contribution is 2.37. The summed E-state index contributed by atoms with van der Waals surface area (Å²) in [4.78, 5) is 14.8. The summed E-state index contributed by atoms with van der Waals surface area (Å²) in [5.74, 6) is 1.78. The highest BCUT2D eigenvalue weighted by molar-refractivity contribution is 5.92. The van der Waals surface area contributed by atoms with Crippen molar-refractivity contribution in [3.63, 3.8) is 0 Å². The largest absolute Gasteiger partial charge is 0.422 e. The molecular formula is C23H27N5O4. The van der Waals surface area contributed by atoms with E-state index in [0.717, 1.165) is 31.5 Å². The fraction of sp³-hybridized carbons (Fsp3) is 0.478. The van der Waals surface area contributed by atoms with E-state index in [1.165, 1.54) is 0 Å². The lowest BCUT2D eigenvalue weighted by atomic mass is 9.80. The number of hydrogen-bond donors (Lipinski definition) is 1. The minimum Gasteiger partial charge on any atom is -0.422 e. The van der Waals surface area contributed by atoms with Crippen molar-refractivity contribution in [1.29, 1.82) is 0 Å². The Morgan fingerprint density at radius 2 is 2.03 bits per heavy atom. The van der Waals surface area contributed by atoms with Crippen LogP contribution in [0.4, 0.5) is 0 Å². The lowest BCUT2D eigenvalue weighted by Gasteiger charge is -2.36. The predicted octanol–water partition coefficient (Wildman–Crippen LogP) is 3.04. The number of amides is 1. The third-order valence-corrected chi connectivity index (χ3v) is 6.15. The molecule has 3 aromatic rings. The molecule has 2 aliphatic rings. The molecule has 1 aromatic carbocycles. The van der Waals surface area contributed by atoms with E-state index < -0.39 is 0 Å². The van der Waals surface area contributed by atoms with Crippen LogP contribution < -0.4 is 5.32 Å². The molecule has 0 bridgehead atoms. The number of ether oxygens (including phenoxy) is 1. The van der Waals surface area contributed by atoms with Gasteiger partial charge in [-0.15, -0.1) is 10.2 Å². The van der Waals surface area contributed by atoms with Crippen LogP contribution in [0.15, 0.2) is 45.3 Å². The van der Waals surface area contributed by atoms with Gasteiger partial charge in [0.25, 0.3) is 5.91 Å². The van der Waals surface area contributed by atoms with Crippen LogP contribution in [0.1, 0.15) is 54.1 Å². The number of likely N-dealkylation sites (tertiary alicyclic amines) is 1. The molecular weight excluding hydrogens is 410 g/mol. The Morgan fingerprint density at radius 1 is 1.25 bits per heavy atom. The quantitative estimate of drug-likeness (QED) is 0.573. The van der Waals surface area contributed by atoms with Gasteiger partial charge in [0.05, 0.1) is 6.61 Å². The normalized spacial score (nSPS) is 22.2. The Kier molecular flexibility index (Phi) is 5.75. The lowest BCUT2D eigenvalue weighted by Crippen LogP contribution is -2.45. The Balaban J connectivity index is 1.09. The van der Waals surface area contributed by atoms with Gasteiger partial charge in [0, 0.05) is 42.6 Å². The molecule has 0 unspecified atom stereocenters. The second-order valence-corrected chi connectivity index (χ2v) is 8.82. The summed E-state index contributed by atoms with van der Waals surface area (Å²) in [5.41, 5.74) is 1.55.